The second-order valence-corrected chi connectivity index (χ2v) is 6.94. The van der Waals surface area contributed by atoms with Crippen LogP contribution in [0.1, 0.15) is 27.6 Å². The van der Waals surface area contributed by atoms with Crippen LogP contribution < -0.4 is 5.32 Å². The highest BCUT2D eigenvalue weighted by Crippen LogP contribution is 2.17. The molecule has 4 rings (SSSR count). The van der Waals surface area contributed by atoms with Crippen LogP contribution in [-0.4, -0.2) is 54.7 Å². The van der Waals surface area contributed by atoms with E-state index in [1.165, 1.54) is 16.4 Å². The molecule has 2 aromatic heterocycles. The number of aromatic nitrogens is 5. The third-order valence-corrected chi connectivity index (χ3v) is 5.09. The van der Waals surface area contributed by atoms with Crippen LogP contribution >= 0.6 is 11.5 Å². The van der Waals surface area contributed by atoms with Crippen molar-refractivity contribution in [3.63, 3.8) is 0 Å². The molecule has 25 heavy (non-hydrogen) atoms. The maximum absolute atomic E-state index is 12.4. The highest BCUT2D eigenvalue weighted by Gasteiger charge is 2.26. The summed E-state index contributed by atoms with van der Waals surface area (Å²) in [5, 5.41) is 15.0. The molecule has 3 heterocycles. The number of nitrogens with zero attached hydrogens (tertiary/aromatic N) is 6. The molecular weight excluding hydrogens is 338 g/mol. The third kappa shape index (κ3) is 3.47. The lowest BCUT2D eigenvalue weighted by Crippen LogP contribution is -2.37. The Kier molecular flexibility index (Phi) is 4.33. The van der Waals surface area contributed by atoms with E-state index in [1.54, 1.807) is 0 Å². The van der Waals surface area contributed by atoms with Gasteiger partial charge in [0.25, 0.3) is 5.91 Å². The van der Waals surface area contributed by atoms with Gasteiger partial charge in [-0.25, -0.2) is 4.98 Å². The zero-order valence-electron chi connectivity index (χ0n) is 13.7. The smallest absolute Gasteiger partial charge is 0.291 e. The molecule has 1 fully saturated rings. The topological polar surface area (TPSA) is 96.8 Å². The fraction of sp³-hybridized carbons (Fsp3) is 0.375. The average molecular weight is 355 g/mol. The summed E-state index contributed by atoms with van der Waals surface area (Å²) >= 11 is 1.43. The first-order valence-corrected chi connectivity index (χ1v) is 8.87. The lowest BCUT2D eigenvalue weighted by Gasteiger charge is -2.15. The first kappa shape index (κ1) is 16.0. The number of hydrogen-bond donors (Lipinski definition) is 1. The average Bonchev–Trinajstić information content (AvgIpc) is 3.24. The van der Waals surface area contributed by atoms with Crippen LogP contribution in [0.4, 0.5) is 0 Å². The molecule has 0 spiro atoms. The van der Waals surface area contributed by atoms with Gasteiger partial charge in [-0.3, -0.25) is 9.69 Å². The second-order valence-electron chi connectivity index (χ2n) is 6.10. The first-order valence-electron chi connectivity index (χ1n) is 8.09. The number of amides is 1. The van der Waals surface area contributed by atoms with Crippen molar-refractivity contribution in [2.45, 2.75) is 25.9 Å². The summed E-state index contributed by atoms with van der Waals surface area (Å²) in [6.07, 6.45) is 0.901. The number of likely N-dealkylation sites (tertiary alicyclic amines) is 1. The van der Waals surface area contributed by atoms with Crippen molar-refractivity contribution < 1.29 is 4.79 Å². The Morgan fingerprint density at radius 1 is 1.28 bits per heavy atom. The summed E-state index contributed by atoms with van der Waals surface area (Å²) in [4.78, 5) is 20.2. The van der Waals surface area contributed by atoms with Gasteiger partial charge < -0.3 is 5.32 Å². The molecule has 128 valence electrons. The zero-order chi connectivity index (χ0) is 17.2. The molecule has 0 bridgehead atoms. The molecule has 1 N–H and O–H groups in total. The van der Waals surface area contributed by atoms with Gasteiger partial charge in [-0.2, -0.15) is 0 Å². The largest absolute Gasteiger partial charge is 0.345 e. The monoisotopic (exact) mass is 355 g/mol. The Morgan fingerprint density at radius 2 is 2.12 bits per heavy atom. The zero-order valence-corrected chi connectivity index (χ0v) is 14.5. The van der Waals surface area contributed by atoms with Crippen LogP contribution in [0.5, 0.6) is 0 Å². The molecule has 1 aromatic carbocycles. The Labute approximate surface area is 148 Å². The minimum Gasteiger partial charge on any atom is -0.345 e. The van der Waals surface area contributed by atoms with Crippen molar-refractivity contribution in [3.8, 4) is 0 Å². The molecule has 8 nitrogen and oxygen atoms in total. The predicted molar refractivity (Wildman–Crippen MR) is 93.1 cm³/mol. The van der Waals surface area contributed by atoms with Gasteiger partial charge in [0.2, 0.25) is 5.82 Å². The lowest BCUT2D eigenvalue weighted by atomic mass is 10.2. The Hall–Kier alpha value is -2.52. The van der Waals surface area contributed by atoms with Crippen molar-refractivity contribution in [1.82, 2.24) is 35.0 Å². The maximum atomic E-state index is 12.4. The van der Waals surface area contributed by atoms with E-state index < -0.39 is 0 Å². The Balaban J connectivity index is 1.38. The van der Waals surface area contributed by atoms with E-state index in [0.717, 1.165) is 31.7 Å². The molecule has 1 atom stereocenters. The van der Waals surface area contributed by atoms with E-state index in [-0.39, 0.29) is 17.8 Å². The molecule has 0 radical (unpaired) electrons. The number of benzene rings is 1. The lowest BCUT2D eigenvalue weighted by molar-refractivity contribution is 0.0926. The number of rotatable bonds is 4. The number of fused-ring (bicyclic) bond motifs is 1. The number of nitrogens with one attached hydrogen (secondary N) is 1. The van der Waals surface area contributed by atoms with Gasteiger partial charge >= 0.3 is 0 Å². The number of aryl methyl sites for hydroxylation is 1. The van der Waals surface area contributed by atoms with Crippen LogP contribution in [0.2, 0.25) is 0 Å². The fourth-order valence-electron chi connectivity index (χ4n) is 2.92. The summed E-state index contributed by atoms with van der Waals surface area (Å²) in [5.41, 5.74) is 2.33. The van der Waals surface area contributed by atoms with Crippen molar-refractivity contribution in [2.24, 2.45) is 0 Å². The molecular formula is C16H17N7OS. The summed E-state index contributed by atoms with van der Waals surface area (Å²) in [5.74, 6) is -0.166. The minimum absolute atomic E-state index is 0.0868. The molecule has 3 aromatic rings. The summed E-state index contributed by atoms with van der Waals surface area (Å²) in [6.45, 7) is 4.52. The Bertz CT molecular complexity index is 912. The minimum atomic E-state index is -0.277. The normalized spacial score (nSPS) is 17.9. The van der Waals surface area contributed by atoms with Gasteiger partial charge in [-0.15, -0.1) is 15.3 Å². The molecule has 1 aliphatic rings. The number of hydrogen-bond acceptors (Lipinski definition) is 8. The van der Waals surface area contributed by atoms with Gasteiger partial charge in [0.15, 0.2) is 0 Å². The standard InChI is InChI=1S/C16H17N7OS/c1-10-14(25-22-19-10)9-23-7-6-11(8-23)17-16(24)15-18-12-4-2-3-5-13(12)20-21-15/h2-5,11H,6-9H2,1H3,(H,17,24). The second kappa shape index (κ2) is 6.77. The van der Waals surface area contributed by atoms with Gasteiger partial charge in [0, 0.05) is 25.7 Å². The van der Waals surface area contributed by atoms with Crippen molar-refractivity contribution in [3.05, 3.63) is 40.7 Å². The van der Waals surface area contributed by atoms with Crippen molar-refractivity contribution in [1.29, 1.82) is 0 Å². The van der Waals surface area contributed by atoms with E-state index >= 15 is 0 Å². The first-order chi connectivity index (χ1) is 12.2. The summed E-state index contributed by atoms with van der Waals surface area (Å²) < 4.78 is 3.97. The number of para-hydroxylation sites is 1. The van der Waals surface area contributed by atoms with Crippen molar-refractivity contribution in [2.75, 3.05) is 13.1 Å². The molecule has 1 unspecified atom stereocenters. The highest BCUT2D eigenvalue weighted by atomic mass is 32.1. The van der Waals surface area contributed by atoms with Gasteiger partial charge in [-0.1, -0.05) is 16.6 Å². The van der Waals surface area contributed by atoms with Gasteiger partial charge in [-0.05, 0) is 37.0 Å². The summed E-state index contributed by atoms with van der Waals surface area (Å²) in [6, 6.07) is 7.46. The van der Waals surface area contributed by atoms with Gasteiger partial charge in [0.1, 0.15) is 5.52 Å². The van der Waals surface area contributed by atoms with E-state index in [0.29, 0.717) is 11.0 Å². The van der Waals surface area contributed by atoms with Crippen LogP contribution in [0.3, 0.4) is 0 Å². The molecule has 1 saturated heterocycles. The molecule has 1 amide bonds. The molecule has 0 aliphatic carbocycles. The molecule has 0 saturated carbocycles. The predicted octanol–water partition coefficient (Wildman–Crippen LogP) is 1.19. The third-order valence-electron chi connectivity index (χ3n) is 4.28. The number of carbonyl (C=O) groups is 1. The SMILES string of the molecule is Cc1nnsc1CN1CCC(NC(=O)c2nnc3ccccc3n2)C1. The van der Waals surface area contributed by atoms with Crippen molar-refractivity contribution >= 4 is 28.5 Å². The van der Waals surface area contributed by atoms with Crippen LogP contribution in [0.25, 0.3) is 11.0 Å². The van der Waals surface area contributed by atoms with Gasteiger partial charge in [0.05, 0.1) is 16.1 Å². The van der Waals surface area contributed by atoms with E-state index in [4.69, 9.17) is 0 Å². The van der Waals surface area contributed by atoms with E-state index in [2.05, 4.69) is 35.0 Å². The van der Waals surface area contributed by atoms with Crippen LogP contribution in [-0.2, 0) is 6.54 Å². The van der Waals surface area contributed by atoms with Crippen LogP contribution in [0.15, 0.2) is 24.3 Å². The van der Waals surface area contributed by atoms with E-state index in [1.807, 2.05) is 31.2 Å². The Morgan fingerprint density at radius 3 is 2.92 bits per heavy atom. The fourth-order valence-corrected chi connectivity index (χ4v) is 3.60. The maximum Gasteiger partial charge on any atom is 0.291 e. The quantitative estimate of drug-likeness (QED) is 0.751. The summed E-state index contributed by atoms with van der Waals surface area (Å²) in [7, 11) is 0. The van der Waals surface area contributed by atoms with Crippen LogP contribution in [0, 0.1) is 6.92 Å². The molecule has 1 aliphatic heterocycles. The number of carbonyl (C=O) groups excluding carboxylic acids is 1. The molecule has 9 heteroatoms. The highest BCUT2D eigenvalue weighted by molar-refractivity contribution is 7.05. The van der Waals surface area contributed by atoms with E-state index in [9.17, 15) is 4.79 Å².